The summed E-state index contributed by atoms with van der Waals surface area (Å²) in [5.41, 5.74) is 2.44. The summed E-state index contributed by atoms with van der Waals surface area (Å²) in [6, 6.07) is 15.6. The van der Waals surface area contributed by atoms with E-state index < -0.39 is 4.92 Å². The van der Waals surface area contributed by atoms with Crippen molar-refractivity contribution in [3.05, 3.63) is 93.8 Å². The lowest BCUT2D eigenvalue weighted by molar-refractivity contribution is -0.384. The molecule has 3 aromatic rings. The number of benzene rings is 2. The maximum absolute atomic E-state index is 12.5. The standard InChI is InChI=1S/C19H18N4O3/c1-21(19(24)17-7-9-18(10-8-17)23(25)26)12-16-11-20-22(14-16)13-15-5-3-2-4-6-15/h2-11,14H,12-13H2,1H3. The van der Waals surface area contributed by atoms with E-state index in [2.05, 4.69) is 5.10 Å². The van der Waals surface area contributed by atoms with Crippen LogP contribution in [-0.4, -0.2) is 32.6 Å². The minimum Gasteiger partial charge on any atom is -0.337 e. The SMILES string of the molecule is CN(Cc1cnn(Cc2ccccc2)c1)C(=O)c1ccc([N+](=O)[O-])cc1. The van der Waals surface area contributed by atoms with Crippen LogP contribution in [0.2, 0.25) is 0 Å². The van der Waals surface area contributed by atoms with Crippen molar-refractivity contribution in [1.29, 1.82) is 0 Å². The minimum absolute atomic E-state index is 0.0357. The second kappa shape index (κ2) is 7.60. The largest absolute Gasteiger partial charge is 0.337 e. The van der Waals surface area contributed by atoms with Crippen molar-refractivity contribution in [3.63, 3.8) is 0 Å². The van der Waals surface area contributed by atoms with Crippen LogP contribution in [0.3, 0.4) is 0 Å². The Labute approximate surface area is 150 Å². The quantitative estimate of drug-likeness (QED) is 0.505. The van der Waals surface area contributed by atoms with E-state index in [1.165, 1.54) is 24.3 Å². The van der Waals surface area contributed by atoms with Crippen LogP contribution in [0.5, 0.6) is 0 Å². The number of carbonyl (C=O) groups is 1. The molecule has 0 fully saturated rings. The highest BCUT2D eigenvalue weighted by molar-refractivity contribution is 5.94. The molecule has 0 spiro atoms. The van der Waals surface area contributed by atoms with Crippen LogP contribution in [0, 0.1) is 10.1 Å². The van der Waals surface area contributed by atoms with E-state index >= 15 is 0 Å². The molecule has 0 aliphatic heterocycles. The molecule has 0 radical (unpaired) electrons. The van der Waals surface area contributed by atoms with E-state index in [1.54, 1.807) is 18.1 Å². The van der Waals surface area contributed by atoms with E-state index in [9.17, 15) is 14.9 Å². The lowest BCUT2D eigenvalue weighted by Gasteiger charge is -2.16. The fraction of sp³-hybridized carbons (Fsp3) is 0.158. The first-order valence-corrected chi connectivity index (χ1v) is 8.08. The molecule has 7 heteroatoms. The molecule has 0 bridgehead atoms. The number of hydrogen-bond acceptors (Lipinski definition) is 4. The Balaban J connectivity index is 1.63. The van der Waals surface area contributed by atoms with Crippen molar-refractivity contribution >= 4 is 11.6 Å². The number of non-ortho nitro benzene ring substituents is 1. The average Bonchev–Trinajstić information content (AvgIpc) is 3.08. The third-order valence-electron chi connectivity index (χ3n) is 3.97. The molecule has 0 aliphatic rings. The number of aromatic nitrogens is 2. The van der Waals surface area contributed by atoms with Gasteiger partial charge in [0.2, 0.25) is 0 Å². The summed E-state index contributed by atoms with van der Waals surface area (Å²) in [6.07, 6.45) is 3.65. The third kappa shape index (κ3) is 4.13. The van der Waals surface area contributed by atoms with E-state index in [-0.39, 0.29) is 11.6 Å². The number of carbonyl (C=O) groups excluding carboxylic acids is 1. The van der Waals surface area contributed by atoms with Gasteiger partial charge in [0.1, 0.15) is 0 Å². The number of nitro groups is 1. The normalized spacial score (nSPS) is 10.5. The van der Waals surface area contributed by atoms with Gasteiger partial charge in [0.25, 0.3) is 11.6 Å². The van der Waals surface area contributed by atoms with Gasteiger partial charge in [-0.3, -0.25) is 19.6 Å². The first-order chi connectivity index (χ1) is 12.5. The molecule has 0 saturated carbocycles. The van der Waals surface area contributed by atoms with Gasteiger partial charge < -0.3 is 4.90 Å². The Morgan fingerprint density at radius 3 is 2.46 bits per heavy atom. The molecule has 1 heterocycles. The summed E-state index contributed by atoms with van der Waals surface area (Å²) in [7, 11) is 1.69. The zero-order valence-electron chi connectivity index (χ0n) is 14.3. The van der Waals surface area contributed by atoms with Crippen molar-refractivity contribution in [3.8, 4) is 0 Å². The Bertz CT molecular complexity index is 904. The van der Waals surface area contributed by atoms with Crippen LogP contribution in [0.4, 0.5) is 5.69 Å². The zero-order chi connectivity index (χ0) is 18.5. The Morgan fingerprint density at radius 2 is 1.81 bits per heavy atom. The van der Waals surface area contributed by atoms with Gasteiger partial charge in [-0.05, 0) is 17.7 Å². The molecule has 0 N–H and O–H groups in total. The van der Waals surface area contributed by atoms with Gasteiger partial charge in [0.15, 0.2) is 0 Å². The van der Waals surface area contributed by atoms with Gasteiger partial charge >= 0.3 is 0 Å². The maximum Gasteiger partial charge on any atom is 0.269 e. The van der Waals surface area contributed by atoms with Crippen LogP contribution in [0.25, 0.3) is 0 Å². The highest BCUT2D eigenvalue weighted by Gasteiger charge is 2.14. The van der Waals surface area contributed by atoms with Gasteiger partial charge in [0, 0.05) is 43.0 Å². The van der Waals surface area contributed by atoms with Crippen molar-refractivity contribution in [2.75, 3.05) is 7.05 Å². The lowest BCUT2D eigenvalue weighted by Crippen LogP contribution is -2.26. The van der Waals surface area contributed by atoms with E-state index in [0.29, 0.717) is 18.7 Å². The number of nitrogens with zero attached hydrogens (tertiary/aromatic N) is 4. The molecule has 3 rings (SSSR count). The van der Waals surface area contributed by atoms with E-state index in [4.69, 9.17) is 0 Å². The topological polar surface area (TPSA) is 81.3 Å². The summed E-state index contributed by atoms with van der Waals surface area (Å²) in [4.78, 5) is 24.2. The molecular formula is C19H18N4O3. The Morgan fingerprint density at radius 1 is 1.12 bits per heavy atom. The third-order valence-corrected chi connectivity index (χ3v) is 3.97. The molecule has 1 aromatic heterocycles. The second-order valence-corrected chi connectivity index (χ2v) is 6.00. The summed E-state index contributed by atoms with van der Waals surface area (Å²) >= 11 is 0. The first-order valence-electron chi connectivity index (χ1n) is 8.08. The van der Waals surface area contributed by atoms with Crippen molar-refractivity contribution in [1.82, 2.24) is 14.7 Å². The monoisotopic (exact) mass is 350 g/mol. The van der Waals surface area contributed by atoms with E-state index in [0.717, 1.165) is 11.1 Å². The van der Waals surface area contributed by atoms with Crippen molar-refractivity contribution < 1.29 is 9.72 Å². The Hall–Kier alpha value is -3.48. The lowest BCUT2D eigenvalue weighted by atomic mass is 10.2. The summed E-state index contributed by atoms with van der Waals surface area (Å²) in [5.74, 6) is -0.198. The fourth-order valence-electron chi connectivity index (χ4n) is 2.64. The second-order valence-electron chi connectivity index (χ2n) is 6.00. The predicted molar refractivity (Wildman–Crippen MR) is 96.7 cm³/mol. The van der Waals surface area contributed by atoms with Gasteiger partial charge in [-0.2, -0.15) is 5.10 Å². The highest BCUT2D eigenvalue weighted by atomic mass is 16.6. The number of hydrogen-bond donors (Lipinski definition) is 0. The molecule has 0 aliphatic carbocycles. The first kappa shape index (κ1) is 17.3. The van der Waals surface area contributed by atoms with Gasteiger partial charge in [0.05, 0.1) is 17.7 Å². The van der Waals surface area contributed by atoms with E-state index in [1.807, 2.05) is 41.2 Å². The number of amides is 1. The Kier molecular flexibility index (Phi) is 5.07. The molecule has 2 aromatic carbocycles. The molecule has 0 saturated heterocycles. The summed E-state index contributed by atoms with van der Waals surface area (Å²) in [6.45, 7) is 1.07. The molecule has 26 heavy (non-hydrogen) atoms. The molecule has 132 valence electrons. The van der Waals surface area contributed by atoms with Crippen molar-refractivity contribution in [2.24, 2.45) is 0 Å². The molecular weight excluding hydrogens is 332 g/mol. The molecule has 0 unspecified atom stereocenters. The molecule has 0 atom stereocenters. The molecule has 1 amide bonds. The van der Waals surface area contributed by atoms with Crippen LogP contribution < -0.4 is 0 Å². The molecule has 7 nitrogen and oxygen atoms in total. The number of rotatable bonds is 6. The average molecular weight is 350 g/mol. The van der Waals surface area contributed by atoms with Crippen molar-refractivity contribution in [2.45, 2.75) is 13.1 Å². The van der Waals surface area contributed by atoms with Crippen LogP contribution in [0.1, 0.15) is 21.5 Å². The fourth-order valence-corrected chi connectivity index (χ4v) is 2.64. The summed E-state index contributed by atoms with van der Waals surface area (Å²) < 4.78 is 1.83. The minimum atomic E-state index is -0.487. The van der Waals surface area contributed by atoms with Gasteiger partial charge in [-0.25, -0.2) is 0 Å². The van der Waals surface area contributed by atoms with Crippen LogP contribution in [-0.2, 0) is 13.1 Å². The van der Waals surface area contributed by atoms with Gasteiger partial charge in [-0.1, -0.05) is 30.3 Å². The van der Waals surface area contributed by atoms with Gasteiger partial charge in [-0.15, -0.1) is 0 Å². The number of nitro benzene ring substituents is 1. The zero-order valence-corrected chi connectivity index (χ0v) is 14.3. The van der Waals surface area contributed by atoms with Crippen LogP contribution in [0.15, 0.2) is 67.0 Å². The van der Waals surface area contributed by atoms with Crippen LogP contribution >= 0.6 is 0 Å². The smallest absolute Gasteiger partial charge is 0.269 e. The highest BCUT2D eigenvalue weighted by Crippen LogP contribution is 2.14. The predicted octanol–water partition coefficient (Wildman–Crippen LogP) is 3.11. The maximum atomic E-state index is 12.5. The summed E-state index contributed by atoms with van der Waals surface area (Å²) in [5, 5.41) is 15.0.